The van der Waals surface area contributed by atoms with Crippen LogP contribution in [0, 0.1) is 6.92 Å². The van der Waals surface area contributed by atoms with Gasteiger partial charge in [0.25, 0.3) is 5.91 Å². The van der Waals surface area contributed by atoms with Crippen LogP contribution in [0.5, 0.6) is 11.5 Å². The van der Waals surface area contributed by atoms with Crippen LogP contribution < -0.4 is 14.8 Å². The van der Waals surface area contributed by atoms with E-state index in [2.05, 4.69) is 17.2 Å². The fraction of sp³-hybridized carbons (Fsp3) is 0.273. The average Bonchev–Trinajstić information content (AvgIpc) is 3.13. The highest BCUT2D eigenvalue weighted by Gasteiger charge is 2.20. The smallest absolute Gasteiger partial charge is 0.263 e. The van der Waals surface area contributed by atoms with E-state index in [1.165, 1.54) is 11.3 Å². The molecule has 0 bridgehead atoms. The molecule has 1 amide bonds. The fourth-order valence-electron chi connectivity index (χ4n) is 2.95. The third kappa shape index (κ3) is 4.34. The normalized spacial score (nSPS) is 11.7. The number of hydrogen-bond acceptors (Lipinski definition) is 5. The first-order valence-electron chi connectivity index (χ1n) is 9.12. The van der Waals surface area contributed by atoms with E-state index in [1.807, 2.05) is 55.5 Å². The molecule has 0 aliphatic heterocycles. The number of aryl methyl sites for hydroxylation is 1. The quantitative estimate of drug-likeness (QED) is 0.609. The summed E-state index contributed by atoms with van der Waals surface area (Å²) in [5, 5.41) is 3.95. The van der Waals surface area contributed by atoms with Gasteiger partial charge in [0.2, 0.25) is 0 Å². The number of carbonyl (C=O) groups is 1. The molecule has 0 saturated carbocycles. The standard InChI is InChI=1S/C22H24N2O3S/c1-5-19(15-6-10-17(26-3)11-7-15)24-21(25)20-14(2)23-22(28-20)16-8-12-18(27-4)13-9-16/h6-13,19H,5H2,1-4H3,(H,24,25). The minimum Gasteiger partial charge on any atom is -0.497 e. The molecule has 146 valence electrons. The number of methoxy groups -OCH3 is 2. The van der Waals surface area contributed by atoms with Gasteiger partial charge < -0.3 is 14.8 Å². The highest BCUT2D eigenvalue weighted by atomic mass is 32.1. The topological polar surface area (TPSA) is 60.5 Å². The number of nitrogens with zero attached hydrogens (tertiary/aromatic N) is 1. The van der Waals surface area contributed by atoms with Gasteiger partial charge in [0.1, 0.15) is 21.4 Å². The zero-order valence-corrected chi connectivity index (χ0v) is 17.3. The van der Waals surface area contributed by atoms with Crippen molar-refractivity contribution < 1.29 is 14.3 Å². The van der Waals surface area contributed by atoms with E-state index in [0.29, 0.717) is 4.88 Å². The van der Waals surface area contributed by atoms with Crippen LogP contribution in [0.3, 0.4) is 0 Å². The zero-order chi connectivity index (χ0) is 20.1. The first-order valence-corrected chi connectivity index (χ1v) is 9.94. The maximum Gasteiger partial charge on any atom is 0.263 e. The molecule has 1 aromatic heterocycles. The summed E-state index contributed by atoms with van der Waals surface area (Å²) in [5.74, 6) is 1.49. The van der Waals surface area contributed by atoms with E-state index >= 15 is 0 Å². The molecule has 3 rings (SSSR count). The Bertz CT molecular complexity index is 933. The number of amides is 1. The fourth-order valence-corrected chi connectivity index (χ4v) is 3.92. The molecule has 0 aliphatic carbocycles. The van der Waals surface area contributed by atoms with Gasteiger partial charge in [0.15, 0.2) is 0 Å². The second-order valence-electron chi connectivity index (χ2n) is 6.37. The Labute approximate surface area is 169 Å². The summed E-state index contributed by atoms with van der Waals surface area (Å²) in [7, 11) is 3.28. The number of ether oxygens (including phenoxy) is 2. The van der Waals surface area contributed by atoms with Crippen LogP contribution in [-0.2, 0) is 0 Å². The first kappa shape index (κ1) is 19.9. The van der Waals surface area contributed by atoms with Gasteiger partial charge in [-0.1, -0.05) is 19.1 Å². The second kappa shape index (κ2) is 8.89. The molecule has 1 atom stereocenters. The van der Waals surface area contributed by atoms with E-state index in [4.69, 9.17) is 9.47 Å². The summed E-state index contributed by atoms with van der Waals surface area (Å²) in [6.45, 7) is 3.92. The molecule has 0 saturated heterocycles. The highest BCUT2D eigenvalue weighted by Crippen LogP contribution is 2.30. The van der Waals surface area contributed by atoms with Crippen molar-refractivity contribution in [3.8, 4) is 22.1 Å². The van der Waals surface area contributed by atoms with Gasteiger partial charge in [-0.25, -0.2) is 4.98 Å². The summed E-state index contributed by atoms with van der Waals surface area (Å²) in [6, 6.07) is 15.4. The maximum absolute atomic E-state index is 12.9. The number of carbonyl (C=O) groups excluding carboxylic acids is 1. The van der Waals surface area contributed by atoms with Gasteiger partial charge in [-0.05, 0) is 55.3 Å². The summed E-state index contributed by atoms with van der Waals surface area (Å²) in [4.78, 5) is 18.1. The molecule has 0 aliphatic rings. The largest absolute Gasteiger partial charge is 0.497 e. The molecule has 0 spiro atoms. The lowest BCUT2D eigenvalue weighted by Gasteiger charge is -2.17. The lowest BCUT2D eigenvalue weighted by molar-refractivity contribution is 0.0939. The van der Waals surface area contributed by atoms with Gasteiger partial charge in [-0.2, -0.15) is 0 Å². The summed E-state index contributed by atoms with van der Waals surface area (Å²) in [5.41, 5.74) is 2.75. The first-order chi connectivity index (χ1) is 13.5. The van der Waals surface area contributed by atoms with Crippen LogP contribution in [0.2, 0.25) is 0 Å². The third-order valence-electron chi connectivity index (χ3n) is 4.57. The Balaban J connectivity index is 1.78. The Morgan fingerprint density at radius 3 is 2.14 bits per heavy atom. The van der Waals surface area contributed by atoms with Gasteiger partial charge in [0.05, 0.1) is 26.0 Å². The van der Waals surface area contributed by atoms with Crippen molar-refractivity contribution in [3.05, 3.63) is 64.7 Å². The van der Waals surface area contributed by atoms with Crippen molar-refractivity contribution >= 4 is 17.2 Å². The molecule has 3 aromatic rings. The van der Waals surface area contributed by atoms with Crippen molar-refractivity contribution in [2.75, 3.05) is 14.2 Å². The Hall–Kier alpha value is -2.86. The lowest BCUT2D eigenvalue weighted by Crippen LogP contribution is -2.28. The van der Waals surface area contributed by atoms with Crippen LogP contribution in [0.25, 0.3) is 10.6 Å². The molecule has 0 radical (unpaired) electrons. The Morgan fingerprint density at radius 2 is 1.61 bits per heavy atom. The van der Waals surface area contributed by atoms with Crippen molar-refractivity contribution in [1.82, 2.24) is 10.3 Å². The van der Waals surface area contributed by atoms with Crippen LogP contribution in [-0.4, -0.2) is 25.1 Å². The second-order valence-corrected chi connectivity index (χ2v) is 7.37. The van der Waals surface area contributed by atoms with Crippen LogP contribution in [0.1, 0.15) is 40.3 Å². The van der Waals surface area contributed by atoms with Crippen molar-refractivity contribution in [2.45, 2.75) is 26.3 Å². The Kier molecular flexibility index (Phi) is 6.31. The number of thiazole rings is 1. The van der Waals surface area contributed by atoms with Gasteiger partial charge in [-0.3, -0.25) is 4.79 Å². The monoisotopic (exact) mass is 396 g/mol. The highest BCUT2D eigenvalue weighted by molar-refractivity contribution is 7.17. The molecule has 1 unspecified atom stereocenters. The summed E-state index contributed by atoms with van der Waals surface area (Å²) < 4.78 is 10.4. The molecule has 1 heterocycles. The SMILES string of the molecule is CCC(NC(=O)c1sc(-c2ccc(OC)cc2)nc1C)c1ccc(OC)cc1. The lowest BCUT2D eigenvalue weighted by atomic mass is 10.0. The molecular formula is C22H24N2O3S. The predicted octanol–water partition coefficient (Wildman–Crippen LogP) is 5.02. The van der Waals surface area contributed by atoms with Gasteiger partial charge in [-0.15, -0.1) is 11.3 Å². The van der Waals surface area contributed by atoms with E-state index < -0.39 is 0 Å². The number of benzene rings is 2. The Morgan fingerprint density at radius 1 is 1.04 bits per heavy atom. The van der Waals surface area contributed by atoms with E-state index in [9.17, 15) is 4.79 Å². The third-order valence-corrected chi connectivity index (χ3v) is 5.78. The van der Waals surface area contributed by atoms with E-state index in [-0.39, 0.29) is 11.9 Å². The zero-order valence-electron chi connectivity index (χ0n) is 16.5. The minimum atomic E-state index is -0.0996. The molecule has 0 fully saturated rings. The number of nitrogens with one attached hydrogen (secondary N) is 1. The molecule has 28 heavy (non-hydrogen) atoms. The van der Waals surface area contributed by atoms with Crippen molar-refractivity contribution in [1.29, 1.82) is 0 Å². The van der Waals surface area contributed by atoms with Crippen LogP contribution in [0.4, 0.5) is 0 Å². The molecule has 1 N–H and O–H groups in total. The summed E-state index contributed by atoms with van der Waals surface area (Å²) >= 11 is 1.40. The van der Waals surface area contributed by atoms with Crippen LogP contribution in [0.15, 0.2) is 48.5 Å². The summed E-state index contributed by atoms with van der Waals surface area (Å²) in [6.07, 6.45) is 0.793. The molecular weight excluding hydrogens is 372 g/mol. The van der Waals surface area contributed by atoms with E-state index in [0.717, 1.165) is 39.7 Å². The van der Waals surface area contributed by atoms with E-state index in [1.54, 1.807) is 14.2 Å². The molecule has 5 nitrogen and oxygen atoms in total. The number of rotatable bonds is 7. The van der Waals surface area contributed by atoms with Crippen molar-refractivity contribution in [3.63, 3.8) is 0 Å². The van der Waals surface area contributed by atoms with Crippen molar-refractivity contribution in [2.24, 2.45) is 0 Å². The maximum atomic E-state index is 12.9. The molecule has 6 heteroatoms. The van der Waals surface area contributed by atoms with Gasteiger partial charge in [0, 0.05) is 5.56 Å². The number of hydrogen-bond donors (Lipinski definition) is 1. The predicted molar refractivity (Wildman–Crippen MR) is 112 cm³/mol. The van der Waals surface area contributed by atoms with Crippen LogP contribution >= 0.6 is 11.3 Å². The van der Waals surface area contributed by atoms with Gasteiger partial charge >= 0.3 is 0 Å². The number of aromatic nitrogens is 1. The average molecular weight is 397 g/mol. The minimum absolute atomic E-state index is 0.0654. The molecule has 2 aromatic carbocycles.